The molecule has 2 saturated heterocycles. The molecular weight excluding hydrogens is 528 g/mol. The first-order valence-corrected chi connectivity index (χ1v) is 15.4. The Morgan fingerprint density at radius 2 is 1.78 bits per heavy atom. The molecule has 0 spiro atoms. The quantitative estimate of drug-likeness (QED) is 0.516. The number of rotatable bonds is 4. The van der Waals surface area contributed by atoms with Crippen molar-refractivity contribution in [3.05, 3.63) is 46.0 Å². The predicted octanol–water partition coefficient (Wildman–Crippen LogP) is 4.01. The lowest BCUT2D eigenvalue weighted by atomic mass is 9.45. The SMILES string of the molecule is COC1O[C@H]2[C@H](O[C@@H]3C=C4CCC5C(CC[C@]6(C)[C@@H](c7ccc(=O)oc7)CC[C@]56O)[C@@]4(C)CC3)O[C@@H](C)C(O)[C@H]2O1. The molecule has 13 atom stereocenters. The maximum absolute atomic E-state index is 12.5. The number of aliphatic hydroxyl groups excluding tert-OH is 1. The van der Waals surface area contributed by atoms with E-state index in [1.165, 1.54) is 18.7 Å². The van der Waals surface area contributed by atoms with Gasteiger partial charge in [-0.3, -0.25) is 0 Å². The van der Waals surface area contributed by atoms with E-state index in [0.717, 1.165) is 56.9 Å². The number of hydrogen-bond acceptors (Lipinski definition) is 9. The highest BCUT2D eigenvalue weighted by molar-refractivity contribution is 5.31. The van der Waals surface area contributed by atoms with Gasteiger partial charge in [0.25, 0.3) is 6.48 Å². The van der Waals surface area contributed by atoms with E-state index in [2.05, 4.69) is 19.9 Å². The van der Waals surface area contributed by atoms with Crippen molar-refractivity contribution in [2.45, 2.75) is 127 Å². The zero-order valence-corrected chi connectivity index (χ0v) is 24.5. The zero-order chi connectivity index (χ0) is 28.7. The van der Waals surface area contributed by atoms with Crippen LogP contribution in [0.3, 0.4) is 0 Å². The number of methoxy groups -OCH3 is 1. The average molecular weight is 573 g/mol. The molecule has 9 heteroatoms. The van der Waals surface area contributed by atoms with Gasteiger partial charge < -0.3 is 38.3 Å². The van der Waals surface area contributed by atoms with Crippen LogP contribution in [0, 0.1) is 22.7 Å². The van der Waals surface area contributed by atoms with Crippen molar-refractivity contribution in [3.8, 4) is 0 Å². The third-order valence-corrected chi connectivity index (χ3v) is 12.2. The number of allylic oxidation sites excluding steroid dienone is 1. The average Bonchev–Trinajstić information content (AvgIpc) is 3.52. The second kappa shape index (κ2) is 9.97. The Labute approximate surface area is 241 Å². The van der Waals surface area contributed by atoms with Gasteiger partial charge >= 0.3 is 5.63 Å². The molecule has 0 aromatic carbocycles. The molecular formula is C32H44O9. The summed E-state index contributed by atoms with van der Waals surface area (Å²) in [6.45, 7) is 5.64. The Morgan fingerprint density at radius 1 is 0.976 bits per heavy atom. The summed E-state index contributed by atoms with van der Waals surface area (Å²) in [7, 11) is 1.51. The summed E-state index contributed by atoms with van der Waals surface area (Å²) in [5, 5.41) is 23.1. The van der Waals surface area contributed by atoms with E-state index < -0.39 is 42.8 Å². The summed E-state index contributed by atoms with van der Waals surface area (Å²) in [5.41, 5.74) is 1.17. The number of aliphatic hydroxyl groups is 2. The molecule has 0 amide bonds. The second-order valence-corrected chi connectivity index (χ2v) is 13.9. The molecule has 6 aliphatic rings. The minimum atomic E-state index is -0.846. The normalized spacial score (nSPS) is 50.8. The van der Waals surface area contributed by atoms with E-state index in [1.54, 1.807) is 6.26 Å². The molecule has 2 N–H and O–H groups in total. The molecule has 2 aliphatic heterocycles. The van der Waals surface area contributed by atoms with Gasteiger partial charge in [0.15, 0.2) is 6.29 Å². The van der Waals surface area contributed by atoms with E-state index in [0.29, 0.717) is 5.92 Å². The van der Waals surface area contributed by atoms with Crippen LogP contribution in [0.25, 0.3) is 0 Å². The highest BCUT2D eigenvalue weighted by atomic mass is 16.9. The lowest BCUT2D eigenvalue weighted by Gasteiger charge is -2.62. The van der Waals surface area contributed by atoms with Crippen LogP contribution < -0.4 is 5.63 Å². The molecule has 7 rings (SSSR count). The lowest BCUT2D eigenvalue weighted by molar-refractivity contribution is -0.284. The van der Waals surface area contributed by atoms with Crippen LogP contribution in [0.4, 0.5) is 0 Å². The molecule has 226 valence electrons. The monoisotopic (exact) mass is 572 g/mol. The van der Waals surface area contributed by atoms with Crippen molar-refractivity contribution in [1.82, 2.24) is 0 Å². The van der Waals surface area contributed by atoms with Gasteiger partial charge in [-0.1, -0.05) is 25.5 Å². The van der Waals surface area contributed by atoms with Crippen LogP contribution in [0.5, 0.6) is 0 Å². The Morgan fingerprint density at radius 3 is 2.54 bits per heavy atom. The fourth-order valence-electron chi connectivity index (χ4n) is 9.84. The molecule has 1 aromatic rings. The van der Waals surface area contributed by atoms with Crippen molar-refractivity contribution < 1.29 is 38.3 Å². The van der Waals surface area contributed by atoms with Gasteiger partial charge in [0.05, 0.1) is 24.1 Å². The molecule has 41 heavy (non-hydrogen) atoms. The first-order valence-electron chi connectivity index (χ1n) is 15.4. The van der Waals surface area contributed by atoms with Crippen LogP contribution in [0.15, 0.2) is 39.3 Å². The minimum Gasteiger partial charge on any atom is -0.431 e. The Bertz CT molecular complexity index is 1230. The molecule has 9 nitrogen and oxygen atoms in total. The predicted molar refractivity (Wildman–Crippen MR) is 147 cm³/mol. The lowest BCUT2D eigenvalue weighted by Crippen LogP contribution is -2.60. The largest absolute Gasteiger partial charge is 0.431 e. The molecule has 0 radical (unpaired) electrons. The third-order valence-electron chi connectivity index (χ3n) is 12.2. The van der Waals surface area contributed by atoms with Crippen molar-refractivity contribution in [3.63, 3.8) is 0 Å². The van der Waals surface area contributed by atoms with Gasteiger partial charge in [0.2, 0.25) is 0 Å². The standard InChI is InChI=1S/C32H44O9/c1-17-25(34)26-27(41-29(36-4)40-26)28(38-17)39-20-9-12-30(2)19(15-20)6-7-23-22(30)10-13-31(3)21(11-14-32(23,31)35)18-5-8-24(33)37-16-18/h5,8,15-17,20-23,25-29,34-35H,6-7,9-14H2,1-4H3/t17-,20-,21+,22?,23?,25?,26+,27+,28-,29?,30-,31+,32-/m0/s1. The van der Waals surface area contributed by atoms with Crippen LogP contribution in [-0.4, -0.2) is 66.2 Å². The maximum Gasteiger partial charge on any atom is 0.335 e. The fraction of sp³-hybridized carbons (Fsp3) is 0.781. The maximum atomic E-state index is 12.5. The van der Waals surface area contributed by atoms with Crippen molar-refractivity contribution in [1.29, 1.82) is 0 Å². The topological polar surface area (TPSA) is 117 Å². The van der Waals surface area contributed by atoms with Crippen molar-refractivity contribution in [2.75, 3.05) is 7.11 Å². The Balaban J connectivity index is 1.09. The van der Waals surface area contributed by atoms with E-state index in [4.69, 9.17) is 28.1 Å². The molecule has 3 heterocycles. The van der Waals surface area contributed by atoms with Crippen LogP contribution in [-0.2, 0) is 23.7 Å². The van der Waals surface area contributed by atoms with Gasteiger partial charge in [-0.25, -0.2) is 4.79 Å². The van der Waals surface area contributed by atoms with E-state index in [9.17, 15) is 15.0 Å². The Hall–Kier alpha value is -1.59. The van der Waals surface area contributed by atoms with E-state index >= 15 is 0 Å². The van der Waals surface area contributed by atoms with Gasteiger partial charge in [-0.05, 0) is 93.1 Å². The third kappa shape index (κ3) is 4.18. The minimum absolute atomic E-state index is 0.0189. The van der Waals surface area contributed by atoms with Gasteiger partial charge in [0, 0.05) is 18.6 Å². The van der Waals surface area contributed by atoms with Gasteiger partial charge in [-0.2, -0.15) is 0 Å². The molecule has 5 fully saturated rings. The fourth-order valence-corrected chi connectivity index (χ4v) is 9.84. The zero-order valence-electron chi connectivity index (χ0n) is 24.5. The molecule has 3 saturated carbocycles. The summed E-state index contributed by atoms with van der Waals surface area (Å²) in [6.07, 6.45) is 8.21. The number of ether oxygens (including phenoxy) is 5. The molecule has 1 aromatic heterocycles. The summed E-state index contributed by atoms with van der Waals surface area (Å²) >= 11 is 0. The van der Waals surface area contributed by atoms with E-state index in [-0.39, 0.29) is 34.4 Å². The summed E-state index contributed by atoms with van der Waals surface area (Å²) in [4.78, 5) is 11.6. The van der Waals surface area contributed by atoms with Crippen molar-refractivity contribution in [2.24, 2.45) is 22.7 Å². The Kier molecular flexibility index (Phi) is 6.86. The van der Waals surface area contributed by atoms with Crippen LogP contribution in [0.2, 0.25) is 0 Å². The van der Waals surface area contributed by atoms with Crippen LogP contribution >= 0.6 is 0 Å². The number of fused-ring (bicyclic) bond motifs is 6. The summed E-state index contributed by atoms with van der Waals surface area (Å²) in [6, 6.07) is 3.39. The molecule has 0 bridgehead atoms. The highest BCUT2D eigenvalue weighted by Gasteiger charge is 2.66. The smallest absolute Gasteiger partial charge is 0.335 e. The molecule has 4 unspecified atom stereocenters. The van der Waals surface area contributed by atoms with E-state index in [1.807, 2.05) is 13.0 Å². The second-order valence-electron chi connectivity index (χ2n) is 13.9. The summed E-state index contributed by atoms with van der Waals surface area (Å²) in [5.74, 6) is 0.835. The number of hydrogen-bond donors (Lipinski definition) is 2. The summed E-state index contributed by atoms with van der Waals surface area (Å²) < 4.78 is 34.7. The first kappa shape index (κ1) is 28.2. The highest BCUT2D eigenvalue weighted by Crippen LogP contribution is 2.70. The van der Waals surface area contributed by atoms with Gasteiger partial charge in [-0.15, -0.1) is 0 Å². The van der Waals surface area contributed by atoms with Gasteiger partial charge in [0.1, 0.15) is 18.3 Å². The van der Waals surface area contributed by atoms with Crippen LogP contribution in [0.1, 0.15) is 83.6 Å². The first-order chi connectivity index (χ1) is 19.6. The van der Waals surface area contributed by atoms with Crippen molar-refractivity contribution >= 4 is 0 Å². The molecule has 4 aliphatic carbocycles.